The number of carbonyl (C=O) groups is 1. The van der Waals surface area contributed by atoms with Crippen molar-refractivity contribution in [1.82, 2.24) is 19.9 Å². The Hall–Kier alpha value is -2.96. The predicted molar refractivity (Wildman–Crippen MR) is 88.3 cm³/mol. The van der Waals surface area contributed by atoms with Gasteiger partial charge in [0, 0.05) is 30.5 Å². The molecule has 4 rings (SSSR count). The molecule has 0 radical (unpaired) electrons. The molecule has 0 amide bonds. The van der Waals surface area contributed by atoms with Crippen LogP contribution in [0.5, 0.6) is 0 Å². The van der Waals surface area contributed by atoms with E-state index in [1.165, 1.54) is 0 Å². The molecule has 0 fully saturated rings. The van der Waals surface area contributed by atoms with Gasteiger partial charge >= 0.3 is 0 Å². The van der Waals surface area contributed by atoms with Gasteiger partial charge in [0.2, 0.25) is 0 Å². The molecule has 24 heavy (non-hydrogen) atoms. The lowest BCUT2D eigenvalue weighted by Gasteiger charge is -2.28. The van der Waals surface area contributed by atoms with Crippen LogP contribution in [0.3, 0.4) is 0 Å². The Balaban J connectivity index is 1.67. The minimum Gasteiger partial charge on any atom is -0.332 e. The van der Waals surface area contributed by atoms with Crippen molar-refractivity contribution < 1.29 is 9.32 Å². The third-order valence-corrected chi connectivity index (χ3v) is 4.22. The summed E-state index contributed by atoms with van der Waals surface area (Å²) < 4.78 is 7.23. The lowest BCUT2D eigenvalue weighted by molar-refractivity contribution is 0.112. The Bertz CT molecular complexity index is 883. The first kappa shape index (κ1) is 14.6. The Morgan fingerprint density at radius 2 is 2.29 bits per heavy atom. The number of fused-ring (bicyclic) bond motifs is 1. The molecule has 1 aliphatic heterocycles. The van der Waals surface area contributed by atoms with E-state index in [0.717, 1.165) is 49.0 Å². The van der Waals surface area contributed by atoms with E-state index in [4.69, 9.17) is 4.52 Å². The van der Waals surface area contributed by atoms with Crippen LogP contribution in [-0.4, -0.2) is 32.8 Å². The van der Waals surface area contributed by atoms with Crippen LogP contribution >= 0.6 is 0 Å². The van der Waals surface area contributed by atoms with Crippen LogP contribution in [-0.2, 0) is 13.0 Å². The van der Waals surface area contributed by atoms with Gasteiger partial charge in [-0.3, -0.25) is 9.48 Å². The number of nitrogens with zero attached hydrogens (tertiary/aromatic N) is 5. The maximum absolute atomic E-state index is 11.0. The first-order valence-electron chi connectivity index (χ1n) is 8.00. The minimum atomic E-state index is 0.460. The van der Waals surface area contributed by atoms with Crippen molar-refractivity contribution in [3.05, 3.63) is 41.7 Å². The van der Waals surface area contributed by atoms with Crippen molar-refractivity contribution in [2.45, 2.75) is 26.3 Å². The molecule has 0 saturated carbocycles. The number of aromatic nitrogens is 4. The molecule has 1 aromatic carbocycles. The zero-order chi connectivity index (χ0) is 16.5. The summed E-state index contributed by atoms with van der Waals surface area (Å²) in [5, 5.41) is 8.36. The summed E-state index contributed by atoms with van der Waals surface area (Å²) in [5.74, 6) is 0.996. The lowest BCUT2D eigenvalue weighted by Crippen LogP contribution is -2.25. The number of rotatable bonds is 4. The van der Waals surface area contributed by atoms with Crippen molar-refractivity contribution in [2.75, 3.05) is 11.4 Å². The highest BCUT2D eigenvalue weighted by Gasteiger charge is 2.23. The van der Waals surface area contributed by atoms with E-state index in [-0.39, 0.29) is 0 Å². The van der Waals surface area contributed by atoms with Crippen LogP contribution in [0.4, 0.5) is 11.6 Å². The van der Waals surface area contributed by atoms with Gasteiger partial charge in [-0.1, -0.05) is 0 Å². The first-order valence-corrected chi connectivity index (χ1v) is 8.00. The van der Waals surface area contributed by atoms with Crippen LogP contribution in [0.25, 0.3) is 11.5 Å². The molecule has 0 spiro atoms. The van der Waals surface area contributed by atoms with Gasteiger partial charge in [0.15, 0.2) is 0 Å². The summed E-state index contributed by atoms with van der Waals surface area (Å²) >= 11 is 0. The molecule has 3 aromatic rings. The lowest BCUT2D eigenvalue weighted by atomic mass is 10.00. The van der Waals surface area contributed by atoms with Crippen molar-refractivity contribution in [1.29, 1.82) is 0 Å². The summed E-state index contributed by atoms with van der Waals surface area (Å²) in [6.45, 7) is 3.63. The zero-order valence-electron chi connectivity index (χ0n) is 13.3. The number of hydrogen-bond acceptors (Lipinski definition) is 6. The van der Waals surface area contributed by atoms with E-state index in [2.05, 4.69) is 15.2 Å². The summed E-state index contributed by atoms with van der Waals surface area (Å²) in [6.07, 6.45) is 6.41. The Labute approximate surface area is 138 Å². The maximum Gasteiger partial charge on any atom is 0.270 e. The SMILES string of the molecule is CCn1cc(-c2nc(N3CCCc4cc(C=O)ccc43)no2)cn1. The molecule has 7 nitrogen and oxygen atoms in total. The third kappa shape index (κ3) is 2.47. The van der Waals surface area contributed by atoms with Crippen LogP contribution in [0, 0.1) is 0 Å². The Kier molecular flexibility index (Phi) is 3.60. The predicted octanol–water partition coefficient (Wildman–Crippen LogP) is 2.85. The molecule has 0 aliphatic carbocycles. The molecule has 0 saturated heterocycles. The number of hydrogen-bond donors (Lipinski definition) is 0. The standard InChI is InChI=1S/C17H17N5O2/c1-2-21-10-14(9-18-21)16-19-17(20-24-16)22-7-3-4-13-8-12(11-23)5-6-15(13)22/h5-6,8-11H,2-4,7H2,1H3. The number of aldehydes is 1. The molecule has 0 atom stereocenters. The fourth-order valence-corrected chi connectivity index (χ4v) is 2.99. The smallest absolute Gasteiger partial charge is 0.270 e. The van der Waals surface area contributed by atoms with Crippen molar-refractivity contribution in [3.63, 3.8) is 0 Å². The van der Waals surface area contributed by atoms with Crippen LogP contribution in [0.2, 0.25) is 0 Å². The molecule has 0 N–H and O–H groups in total. The molecular formula is C17H17N5O2. The normalized spacial score (nSPS) is 13.8. The average molecular weight is 323 g/mol. The number of carbonyl (C=O) groups excluding carboxylic acids is 1. The molecule has 122 valence electrons. The van der Waals surface area contributed by atoms with Gasteiger partial charge in [0.05, 0.1) is 11.8 Å². The van der Waals surface area contributed by atoms with E-state index in [9.17, 15) is 4.79 Å². The van der Waals surface area contributed by atoms with Gasteiger partial charge < -0.3 is 9.42 Å². The van der Waals surface area contributed by atoms with E-state index in [1.807, 2.05) is 40.9 Å². The number of benzene rings is 1. The molecular weight excluding hydrogens is 306 g/mol. The summed E-state index contributed by atoms with van der Waals surface area (Å²) in [5.41, 5.74) is 3.67. The van der Waals surface area contributed by atoms with Gasteiger partial charge in [-0.05, 0) is 48.7 Å². The van der Waals surface area contributed by atoms with Gasteiger partial charge in [-0.2, -0.15) is 10.1 Å². The molecule has 2 aromatic heterocycles. The van der Waals surface area contributed by atoms with Crippen LogP contribution in [0.15, 0.2) is 35.1 Å². The molecule has 3 heterocycles. The monoisotopic (exact) mass is 323 g/mol. The van der Waals surface area contributed by atoms with Crippen LogP contribution in [0.1, 0.15) is 29.3 Å². The van der Waals surface area contributed by atoms with Gasteiger partial charge in [0.1, 0.15) is 6.29 Å². The highest BCUT2D eigenvalue weighted by atomic mass is 16.5. The van der Waals surface area contributed by atoms with Gasteiger partial charge in [-0.25, -0.2) is 0 Å². The third-order valence-electron chi connectivity index (χ3n) is 4.22. The van der Waals surface area contributed by atoms with Crippen LogP contribution < -0.4 is 4.90 Å². The van der Waals surface area contributed by atoms with E-state index in [0.29, 0.717) is 17.4 Å². The highest BCUT2D eigenvalue weighted by Crippen LogP contribution is 2.33. The molecule has 1 aliphatic rings. The first-order chi connectivity index (χ1) is 11.8. The van der Waals surface area contributed by atoms with Gasteiger partial charge in [0.25, 0.3) is 11.8 Å². The number of anilines is 2. The van der Waals surface area contributed by atoms with Crippen molar-refractivity contribution in [3.8, 4) is 11.5 Å². The second-order valence-electron chi connectivity index (χ2n) is 5.75. The van der Waals surface area contributed by atoms with Crippen molar-refractivity contribution >= 4 is 17.9 Å². The van der Waals surface area contributed by atoms with Gasteiger partial charge in [-0.15, -0.1) is 0 Å². The maximum atomic E-state index is 11.0. The second kappa shape index (κ2) is 5.92. The van der Waals surface area contributed by atoms with E-state index in [1.54, 1.807) is 6.20 Å². The highest BCUT2D eigenvalue weighted by molar-refractivity contribution is 5.78. The summed E-state index contributed by atoms with van der Waals surface area (Å²) in [6, 6.07) is 5.70. The second-order valence-corrected chi connectivity index (χ2v) is 5.75. The van der Waals surface area contributed by atoms with E-state index >= 15 is 0 Å². The van der Waals surface area contributed by atoms with Crippen molar-refractivity contribution in [2.24, 2.45) is 0 Å². The minimum absolute atomic E-state index is 0.460. The Morgan fingerprint density at radius 3 is 3.08 bits per heavy atom. The molecule has 0 unspecified atom stereocenters. The topological polar surface area (TPSA) is 77.0 Å². The average Bonchev–Trinajstić information content (AvgIpc) is 3.29. The van der Waals surface area contributed by atoms with E-state index < -0.39 is 0 Å². The largest absolute Gasteiger partial charge is 0.332 e. The summed E-state index contributed by atoms with van der Waals surface area (Å²) in [4.78, 5) is 17.5. The summed E-state index contributed by atoms with van der Waals surface area (Å²) in [7, 11) is 0. The number of aryl methyl sites for hydroxylation is 2. The molecule has 7 heteroatoms. The zero-order valence-corrected chi connectivity index (χ0v) is 13.3. The quantitative estimate of drug-likeness (QED) is 0.687. The Morgan fingerprint density at radius 1 is 1.38 bits per heavy atom. The fraction of sp³-hybridized carbons (Fsp3) is 0.294. The molecule has 0 bridgehead atoms. The fourth-order valence-electron chi connectivity index (χ4n) is 2.99.